The van der Waals surface area contributed by atoms with E-state index in [0.29, 0.717) is 5.92 Å². The maximum atomic E-state index is 5.41. The molecular weight excluding hydrogens is 546 g/mol. The first-order valence-electron chi connectivity index (χ1n) is 13.1. The molecule has 0 aliphatic carbocycles. The quantitative estimate of drug-likeness (QED) is 0.199. The van der Waals surface area contributed by atoms with Crippen molar-refractivity contribution in [2.24, 2.45) is 4.99 Å². The van der Waals surface area contributed by atoms with Crippen LogP contribution >= 0.6 is 27.3 Å². The van der Waals surface area contributed by atoms with E-state index < -0.39 is 0 Å². The first-order valence-corrected chi connectivity index (χ1v) is 14.8. The molecule has 184 valence electrons. The average Bonchev–Trinajstić information content (AvgIpc) is 3.34. The summed E-state index contributed by atoms with van der Waals surface area (Å²) in [6.07, 6.45) is 1.05. The van der Waals surface area contributed by atoms with Crippen LogP contribution in [0.1, 0.15) is 41.9 Å². The molecule has 5 aromatic carbocycles. The summed E-state index contributed by atoms with van der Waals surface area (Å²) in [6.45, 7) is 2.32. The number of rotatable bonds is 4. The van der Waals surface area contributed by atoms with Crippen molar-refractivity contribution in [3.8, 4) is 11.1 Å². The van der Waals surface area contributed by atoms with Gasteiger partial charge >= 0.3 is 0 Å². The lowest BCUT2D eigenvalue weighted by molar-refractivity contribution is 0.621. The second-order valence-corrected chi connectivity index (χ2v) is 12.0. The van der Waals surface area contributed by atoms with Crippen LogP contribution < -0.4 is 0 Å². The van der Waals surface area contributed by atoms with Crippen molar-refractivity contribution in [1.29, 1.82) is 0 Å². The molecule has 7 rings (SSSR count). The molecule has 0 spiro atoms. The van der Waals surface area contributed by atoms with Crippen molar-refractivity contribution >= 4 is 58.8 Å². The van der Waals surface area contributed by atoms with Gasteiger partial charge < -0.3 is 0 Å². The minimum absolute atomic E-state index is 0.209. The molecule has 2 atom stereocenters. The van der Waals surface area contributed by atoms with E-state index in [-0.39, 0.29) is 5.92 Å². The molecule has 0 amide bonds. The van der Waals surface area contributed by atoms with Crippen molar-refractivity contribution in [2.75, 3.05) is 0 Å². The summed E-state index contributed by atoms with van der Waals surface area (Å²) in [5, 5.41) is 5.05. The summed E-state index contributed by atoms with van der Waals surface area (Å²) < 4.78 is 2.39. The van der Waals surface area contributed by atoms with Crippen molar-refractivity contribution < 1.29 is 0 Å². The molecule has 38 heavy (non-hydrogen) atoms. The number of nitrogens with zero attached hydrogens (tertiary/aromatic N) is 1. The Morgan fingerprint density at radius 3 is 2.29 bits per heavy atom. The van der Waals surface area contributed by atoms with Crippen LogP contribution in [-0.2, 0) is 0 Å². The first-order chi connectivity index (χ1) is 18.7. The number of benzene rings is 5. The maximum absolute atomic E-state index is 5.41. The highest BCUT2D eigenvalue weighted by Crippen LogP contribution is 2.53. The first kappa shape index (κ1) is 23.6. The van der Waals surface area contributed by atoms with E-state index in [1.807, 2.05) is 11.3 Å². The molecule has 0 saturated heterocycles. The van der Waals surface area contributed by atoms with Crippen molar-refractivity contribution in [3.05, 3.63) is 136 Å². The van der Waals surface area contributed by atoms with Crippen molar-refractivity contribution in [3.63, 3.8) is 0 Å². The van der Waals surface area contributed by atoms with Crippen LogP contribution in [0.3, 0.4) is 0 Å². The number of halogens is 1. The lowest BCUT2D eigenvalue weighted by Crippen LogP contribution is -2.24. The Kier molecular flexibility index (Phi) is 5.99. The molecule has 2 unspecified atom stereocenters. The fourth-order valence-corrected chi connectivity index (χ4v) is 7.61. The van der Waals surface area contributed by atoms with Gasteiger partial charge in [0, 0.05) is 20.7 Å². The van der Waals surface area contributed by atoms with E-state index in [0.717, 1.165) is 21.6 Å². The molecule has 1 aromatic heterocycles. The molecule has 1 aliphatic rings. The second kappa shape index (κ2) is 9.65. The highest BCUT2D eigenvalue weighted by atomic mass is 79.9. The largest absolute Gasteiger partial charge is 0.241 e. The third-order valence-electron chi connectivity index (χ3n) is 7.80. The monoisotopic (exact) mass is 571 g/mol. The van der Waals surface area contributed by atoms with E-state index in [2.05, 4.69) is 138 Å². The molecule has 6 aromatic rings. The Hall–Kier alpha value is -3.53. The zero-order chi connectivity index (χ0) is 25.6. The van der Waals surface area contributed by atoms with Crippen molar-refractivity contribution in [1.82, 2.24) is 0 Å². The van der Waals surface area contributed by atoms with Crippen LogP contribution in [0, 0.1) is 0 Å². The van der Waals surface area contributed by atoms with Crippen LogP contribution in [0.4, 0.5) is 5.00 Å². The Labute approximate surface area is 235 Å². The van der Waals surface area contributed by atoms with Crippen LogP contribution in [0.5, 0.6) is 0 Å². The summed E-state index contributed by atoms with van der Waals surface area (Å²) in [5.74, 6) is 0.570. The van der Waals surface area contributed by atoms with Gasteiger partial charge in [-0.15, -0.1) is 11.3 Å². The highest BCUT2D eigenvalue weighted by Gasteiger charge is 2.36. The highest BCUT2D eigenvalue weighted by molar-refractivity contribution is 9.10. The summed E-state index contributed by atoms with van der Waals surface area (Å²) in [5.41, 5.74) is 7.60. The lowest BCUT2D eigenvalue weighted by atomic mass is 9.73. The molecule has 0 N–H and O–H groups in total. The molecule has 1 aliphatic heterocycles. The summed E-state index contributed by atoms with van der Waals surface area (Å²) in [4.78, 5) is 5.41. The zero-order valence-electron chi connectivity index (χ0n) is 21.1. The molecule has 0 saturated carbocycles. The predicted molar refractivity (Wildman–Crippen MR) is 167 cm³/mol. The van der Waals surface area contributed by atoms with Gasteiger partial charge in [-0.1, -0.05) is 114 Å². The summed E-state index contributed by atoms with van der Waals surface area (Å²) in [6, 6.07) is 41.8. The van der Waals surface area contributed by atoms with E-state index in [4.69, 9.17) is 4.99 Å². The minimum atomic E-state index is 0.209. The van der Waals surface area contributed by atoms with Gasteiger partial charge in [-0.2, -0.15) is 0 Å². The standard InChI is InChI=1S/C35H26BrNS/c1-2-29-32(23-10-4-3-5-11-23)34(27-13-8-14-28(36)20-27)37-35-33(29)30-18-17-26(21-31(30)38-35)25-16-15-22-9-6-7-12-24(22)19-25/h3-21,29,32H,2H2,1H3. The fraction of sp³-hybridized carbons (Fsp3) is 0.114. The molecule has 2 heterocycles. The van der Waals surface area contributed by atoms with Gasteiger partial charge in [-0.05, 0) is 75.0 Å². The molecule has 3 heteroatoms. The maximum Gasteiger partial charge on any atom is 0.121 e. The number of hydrogen-bond acceptors (Lipinski definition) is 2. The number of fused-ring (bicyclic) bond motifs is 4. The van der Waals surface area contributed by atoms with Gasteiger partial charge in [0.1, 0.15) is 5.00 Å². The molecule has 0 fully saturated rings. The Morgan fingerprint density at radius 1 is 0.711 bits per heavy atom. The van der Waals surface area contributed by atoms with E-state index in [9.17, 15) is 0 Å². The normalized spacial score (nSPS) is 16.9. The minimum Gasteiger partial charge on any atom is -0.241 e. The van der Waals surface area contributed by atoms with Gasteiger partial charge in [0.15, 0.2) is 0 Å². The SMILES string of the molecule is CCC1c2c(sc3cc(-c4ccc5ccccc5c4)ccc23)N=C(c2cccc(Br)c2)C1c1ccccc1. The van der Waals surface area contributed by atoms with Crippen LogP contribution in [0.15, 0.2) is 125 Å². The number of thiophene rings is 1. The smallest absolute Gasteiger partial charge is 0.121 e. The Balaban J connectivity index is 1.41. The van der Waals surface area contributed by atoms with E-state index >= 15 is 0 Å². The Morgan fingerprint density at radius 2 is 1.47 bits per heavy atom. The van der Waals surface area contributed by atoms with E-state index in [1.165, 1.54) is 48.7 Å². The number of hydrogen-bond donors (Lipinski definition) is 0. The molecule has 0 bridgehead atoms. The topological polar surface area (TPSA) is 12.4 Å². The third-order valence-corrected chi connectivity index (χ3v) is 9.36. The van der Waals surface area contributed by atoms with E-state index in [1.54, 1.807) is 0 Å². The lowest BCUT2D eigenvalue weighted by Gasteiger charge is -2.32. The van der Waals surface area contributed by atoms with Crippen molar-refractivity contribution in [2.45, 2.75) is 25.2 Å². The fourth-order valence-electron chi connectivity index (χ4n) is 6.01. The molecule has 1 nitrogen and oxygen atoms in total. The Bertz CT molecular complexity index is 1830. The average molecular weight is 573 g/mol. The van der Waals surface area contributed by atoms with Crippen LogP contribution in [-0.4, -0.2) is 5.71 Å². The second-order valence-electron chi connectivity index (χ2n) is 10.0. The number of aliphatic imine (C=N–C) groups is 1. The van der Waals surface area contributed by atoms with Gasteiger partial charge in [0.25, 0.3) is 0 Å². The summed E-state index contributed by atoms with van der Waals surface area (Å²) in [7, 11) is 0. The van der Waals surface area contributed by atoms with Gasteiger partial charge in [-0.3, -0.25) is 0 Å². The van der Waals surface area contributed by atoms with Gasteiger partial charge in [-0.25, -0.2) is 4.99 Å². The zero-order valence-corrected chi connectivity index (χ0v) is 23.5. The summed E-state index contributed by atoms with van der Waals surface area (Å²) >= 11 is 5.52. The van der Waals surface area contributed by atoms with Gasteiger partial charge in [0.05, 0.1) is 5.71 Å². The molecular formula is C35H26BrNS. The van der Waals surface area contributed by atoms with Gasteiger partial charge in [0.2, 0.25) is 0 Å². The third kappa shape index (κ3) is 4.02. The predicted octanol–water partition coefficient (Wildman–Crippen LogP) is 10.9. The van der Waals surface area contributed by atoms with Crippen LogP contribution in [0.2, 0.25) is 0 Å². The molecule has 0 radical (unpaired) electrons. The van der Waals surface area contributed by atoms with Crippen LogP contribution in [0.25, 0.3) is 32.0 Å².